The SMILES string of the molecule is N[C@H]1CCN(c2nccn(-c3ccccc3F)c2=O)C1. The maximum absolute atomic E-state index is 13.8. The lowest BCUT2D eigenvalue weighted by Crippen LogP contribution is -2.33. The summed E-state index contributed by atoms with van der Waals surface area (Å²) in [6.07, 6.45) is 3.81. The molecule has 5 nitrogen and oxygen atoms in total. The first-order chi connectivity index (χ1) is 9.66. The number of halogens is 1. The maximum Gasteiger partial charge on any atom is 0.298 e. The highest BCUT2D eigenvalue weighted by Gasteiger charge is 2.23. The molecular weight excluding hydrogens is 259 g/mol. The highest BCUT2D eigenvalue weighted by molar-refractivity contribution is 5.42. The molecule has 1 aromatic carbocycles. The largest absolute Gasteiger partial charge is 0.350 e. The first kappa shape index (κ1) is 12.8. The van der Waals surface area contributed by atoms with E-state index in [9.17, 15) is 9.18 Å². The molecule has 0 spiro atoms. The van der Waals surface area contributed by atoms with E-state index in [-0.39, 0.29) is 17.3 Å². The fourth-order valence-electron chi connectivity index (χ4n) is 2.43. The van der Waals surface area contributed by atoms with E-state index in [1.807, 2.05) is 4.90 Å². The maximum atomic E-state index is 13.8. The van der Waals surface area contributed by atoms with E-state index >= 15 is 0 Å². The summed E-state index contributed by atoms with van der Waals surface area (Å²) in [4.78, 5) is 18.4. The summed E-state index contributed by atoms with van der Waals surface area (Å²) in [6.45, 7) is 1.30. The molecule has 0 radical (unpaired) electrons. The Hall–Kier alpha value is -2.21. The van der Waals surface area contributed by atoms with Crippen LogP contribution >= 0.6 is 0 Å². The van der Waals surface area contributed by atoms with Crippen LogP contribution in [0.2, 0.25) is 0 Å². The second-order valence-electron chi connectivity index (χ2n) is 4.87. The van der Waals surface area contributed by atoms with Gasteiger partial charge in [0.25, 0.3) is 5.56 Å². The van der Waals surface area contributed by atoms with Gasteiger partial charge in [-0.1, -0.05) is 12.1 Å². The number of hydrogen-bond donors (Lipinski definition) is 1. The number of anilines is 1. The van der Waals surface area contributed by atoms with E-state index in [4.69, 9.17) is 5.73 Å². The third-order valence-electron chi connectivity index (χ3n) is 3.46. The van der Waals surface area contributed by atoms with Crippen LogP contribution in [-0.2, 0) is 0 Å². The third-order valence-corrected chi connectivity index (χ3v) is 3.46. The van der Waals surface area contributed by atoms with E-state index < -0.39 is 5.82 Å². The Morgan fingerprint density at radius 3 is 2.85 bits per heavy atom. The topological polar surface area (TPSA) is 64.2 Å². The van der Waals surface area contributed by atoms with Crippen LogP contribution in [0.3, 0.4) is 0 Å². The monoisotopic (exact) mass is 274 g/mol. The summed E-state index contributed by atoms with van der Waals surface area (Å²) in [7, 11) is 0. The highest BCUT2D eigenvalue weighted by atomic mass is 19.1. The molecule has 6 heteroatoms. The summed E-state index contributed by atoms with van der Waals surface area (Å²) in [5.41, 5.74) is 5.75. The Labute approximate surface area is 115 Å². The van der Waals surface area contributed by atoms with Crippen molar-refractivity contribution in [1.29, 1.82) is 0 Å². The molecule has 1 aliphatic heterocycles. The predicted molar refractivity (Wildman–Crippen MR) is 74.6 cm³/mol. The Bertz CT molecular complexity index is 685. The lowest BCUT2D eigenvalue weighted by atomic mass is 10.3. The zero-order valence-corrected chi connectivity index (χ0v) is 10.9. The van der Waals surface area contributed by atoms with Crippen molar-refractivity contribution in [2.45, 2.75) is 12.5 Å². The zero-order chi connectivity index (χ0) is 14.1. The summed E-state index contributed by atoms with van der Waals surface area (Å²) in [5, 5.41) is 0. The number of hydrogen-bond acceptors (Lipinski definition) is 4. The number of para-hydroxylation sites is 1. The highest BCUT2D eigenvalue weighted by Crippen LogP contribution is 2.15. The van der Waals surface area contributed by atoms with Gasteiger partial charge in [0, 0.05) is 31.5 Å². The molecule has 20 heavy (non-hydrogen) atoms. The molecule has 1 aromatic heterocycles. The molecule has 0 unspecified atom stereocenters. The minimum atomic E-state index is -0.440. The van der Waals surface area contributed by atoms with E-state index in [2.05, 4.69) is 4.98 Å². The van der Waals surface area contributed by atoms with Gasteiger partial charge in [0.05, 0.1) is 5.69 Å². The van der Waals surface area contributed by atoms with Gasteiger partial charge in [-0.2, -0.15) is 0 Å². The second-order valence-corrected chi connectivity index (χ2v) is 4.87. The molecule has 3 rings (SSSR count). The summed E-state index contributed by atoms with van der Waals surface area (Å²) >= 11 is 0. The number of nitrogens with zero attached hydrogens (tertiary/aromatic N) is 3. The summed E-state index contributed by atoms with van der Waals surface area (Å²) < 4.78 is 15.1. The second kappa shape index (κ2) is 5.05. The quantitative estimate of drug-likeness (QED) is 0.884. The molecular formula is C14H15FN4O. The van der Waals surface area contributed by atoms with Crippen molar-refractivity contribution in [3.8, 4) is 5.69 Å². The average Bonchev–Trinajstić information content (AvgIpc) is 2.86. The van der Waals surface area contributed by atoms with Gasteiger partial charge in [-0.15, -0.1) is 0 Å². The first-order valence-corrected chi connectivity index (χ1v) is 6.50. The summed E-state index contributed by atoms with van der Waals surface area (Å²) in [5.74, 6) is -0.117. The minimum Gasteiger partial charge on any atom is -0.350 e. The van der Waals surface area contributed by atoms with Gasteiger partial charge >= 0.3 is 0 Å². The van der Waals surface area contributed by atoms with Gasteiger partial charge in [0.15, 0.2) is 5.82 Å². The predicted octanol–water partition coefficient (Wildman–Crippen LogP) is 0.909. The number of nitrogens with two attached hydrogens (primary N) is 1. The lowest BCUT2D eigenvalue weighted by Gasteiger charge is -2.17. The molecule has 0 aliphatic carbocycles. The van der Waals surface area contributed by atoms with Gasteiger partial charge in [-0.05, 0) is 18.6 Å². The fourth-order valence-corrected chi connectivity index (χ4v) is 2.43. The van der Waals surface area contributed by atoms with E-state index in [1.165, 1.54) is 23.0 Å². The van der Waals surface area contributed by atoms with Gasteiger partial charge in [-0.25, -0.2) is 9.37 Å². The normalized spacial score (nSPS) is 18.5. The Kier molecular flexibility index (Phi) is 3.23. The van der Waals surface area contributed by atoms with Crippen LogP contribution in [0.5, 0.6) is 0 Å². The minimum absolute atomic E-state index is 0.0540. The Balaban J connectivity index is 2.07. The molecule has 1 aliphatic rings. The van der Waals surface area contributed by atoms with Gasteiger partial charge in [0.1, 0.15) is 5.82 Å². The molecule has 0 saturated carbocycles. The van der Waals surface area contributed by atoms with Crippen molar-refractivity contribution >= 4 is 5.82 Å². The van der Waals surface area contributed by atoms with Crippen LogP contribution < -0.4 is 16.2 Å². The molecule has 0 bridgehead atoms. The van der Waals surface area contributed by atoms with Crippen molar-refractivity contribution in [3.05, 3.63) is 52.8 Å². The van der Waals surface area contributed by atoms with Crippen LogP contribution in [-0.4, -0.2) is 28.7 Å². The standard InChI is InChI=1S/C14H15FN4O/c15-11-3-1-2-4-12(11)19-8-6-17-13(14(19)20)18-7-5-10(16)9-18/h1-4,6,8,10H,5,7,9,16H2/t10-/m0/s1. The smallest absolute Gasteiger partial charge is 0.298 e. The zero-order valence-electron chi connectivity index (χ0n) is 10.9. The van der Waals surface area contributed by atoms with Gasteiger partial charge in [0.2, 0.25) is 0 Å². The average molecular weight is 274 g/mol. The van der Waals surface area contributed by atoms with Crippen LogP contribution in [0, 0.1) is 5.82 Å². The van der Waals surface area contributed by atoms with Crippen LogP contribution in [0.4, 0.5) is 10.2 Å². The van der Waals surface area contributed by atoms with Crippen molar-refractivity contribution in [1.82, 2.24) is 9.55 Å². The summed E-state index contributed by atoms with van der Waals surface area (Å²) in [6, 6.07) is 6.23. The molecule has 1 atom stereocenters. The van der Waals surface area contributed by atoms with Gasteiger partial charge in [-0.3, -0.25) is 9.36 Å². The van der Waals surface area contributed by atoms with Crippen molar-refractivity contribution in [3.63, 3.8) is 0 Å². The van der Waals surface area contributed by atoms with E-state index in [1.54, 1.807) is 18.2 Å². The number of aromatic nitrogens is 2. The molecule has 2 N–H and O–H groups in total. The Morgan fingerprint density at radius 1 is 1.35 bits per heavy atom. The molecule has 104 valence electrons. The van der Waals surface area contributed by atoms with Gasteiger partial charge < -0.3 is 10.6 Å². The molecule has 1 saturated heterocycles. The molecule has 2 heterocycles. The van der Waals surface area contributed by atoms with Crippen LogP contribution in [0.25, 0.3) is 5.69 Å². The first-order valence-electron chi connectivity index (χ1n) is 6.50. The molecule has 1 fully saturated rings. The number of rotatable bonds is 2. The van der Waals surface area contributed by atoms with Crippen molar-refractivity contribution < 1.29 is 4.39 Å². The molecule has 0 amide bonds. The van der Waals surface area contributed by atoms with Crippen molar-refractivity contribution in [2.75, 3.05) is 18.0 Å². The Morgan fingerprint density at radius 2 is 2.15 bits per heavy atom. The van der Waals surface area contributed by atoms with Crippen LogP contribution in [0.1, 0.15) is 6.42 Å². The fraction of sp³-hybridized carbons (Fsp3) is 0.286. The third kappa shape index (κ3) is 2.18. The lowest BCUT2D eigenvalue weighted by molar-refractivity contribution is 0.615. The van der Waals surface area contributed by atoms with E-state index in [0.717, 1.165) is 6.42 Å². The van der Waals surface area contributed by atoms with Crippen molar-refractivity contribution in [2.24, 2.45) is 5.73 Å². The molecule has 2 aromatic rings. The van der Waals surface area contributed by atoms with E-state index in [0.29, 0.717) is 18.9 Å². The number of benzene rings is 1. The van der Waals surface area contributed by atoms with Crippen LogP contribution in [0.15, 0.2) is 41.5 Å².